The lowest BCUT2D eigenvalue weighted by atomic mass is 10.2. The highest BCUT2D eigenvalue weighted by Crippen LogP contribution is 2.07. The second kappa shape index (κ2) is 4.15. The Hall–Kier alpha value is -1.49. The van der Waals surface area contributed by atoms with Gasteiger partial charge < -0.3 is 10.6 Å². The Kier molecular flexibility index (Phi) is 2.69. The lowest BCUT2D eigenvalue weighted by molar-refractivity contribution is -0.117. The zero-order chi connectivity index (χ0) is 9.80. The van der Waals surface area contributed by atoms with Crippen molar-refractivity contribution in [2.75, 3.05) is 11.9 Å². The number of hydrogen-bond donors (Lipinski definition) is 2. The van der Waals surface area contributed by atoms with E-state index in [4.69, 9.17) is 0 Å². The summed E-state index contributed by atoms with van der Waals surface area (Å²) in [5, 5.41) is 13.3. The van der Waals surface area contributed by atoms with Crippen molar-refractivity contribution in [3.63, 3.8) is 0 Å². The number of hydrogen-bond acceptors (Lipinski definition) is 4. The van der Waals surface area contributed by atoms with E-state index >= 15 is 0 Å². The van der Waals surface area contributed by atoms with Crippen molar-refractivity contribution in [3.05, 3.63) is 18.3 Å². The number of aromatic nitrogens is 2. The van der Waals surface area contributed by atoms with Crippen molar-refractivity contribution in [2.45, 2.75) is 18.9 Å². The first-order valence-electron chi connectivity index (χ1n) is 4.68. The van der Waals surface area contributed by atoms with Crippen molar-refractivity contribution in [2.24, 2.45) is 0 Å². The maximum Gasteiger partial charge on any atom is 0.242 e. The van der Waals surface area contributed by atoms with Crippen molar-refractivity contribution < 1.29 is 4.79 Å². The van der Waals surface area contributed by atoms with Gasteiger partial charge in [0.25, 0.3) is 0 Å². The molecular weight excluding hydrogens is 180 g/mol. The summed E-state index contributed by atoms with van der Waals surface area (Å²) >= 11 is 0. The molecular formula is C9H12N4O. The lowest BCUT2D eigenvalue weighted by Crippen LogP contribution is -2.35. The predicted molar refractivity (Wildman–Crippen MR) is 51.7 cm³/mol. The third kappa shape index (κ3) is 2.05. The summed E-state index contributed by atoms with van der Waals surface area (Å²) in [6, 6.07) is 3.39. The van der Waals surface area contributed by atoms with E-state index in [1.165, 1.54) is 0 Å². The van der Waals surface area contributed by atoms with E-state index in [0.717, 1.165) is 19.4 Å². The molecule has 0 spiro atoms. The molecule has 0 saturated carbocycles. The molecule has 1 atom stereocenters. The van der Waals surface area contributed by atoms with Crippen molar-refractivity contribution >= 4 is 11.7 Å². The number of rotatable bonds is 2. The van der Waals surface area contributed by atoms with Gasteiger partial charge in [-0.15, -0.1) is 5.10 Å². The molecule has 5 heteroatoms. The standard InChI is InChI=1S/C9H12N4O/c14-9(7-3-1-5-10-7)12-8-4-2-6-11-13-8/h2,4,6-7,10H,1,3,5H2,(H,12,13,14)/t7-/m0/s1. The predicted octanol–water partition coefficient (Wildman–Crippen LogP) is 0.167. The second-order valence-electron chi connectivity index (χ2n) is 3.25. The Balaban J connectivity index is 1.94. The quantitative estimate of drug-likeness (QED) is 0.700. The molecule has 0 bridgehead atoms. The van der Waals surface area contributed by atoms with Crippen LogP contribution < -0.4 is 10.6 Å². The van der Waals surface area contributed by atoms with Crippen LogP contribution >= 0.6 is 0 Å². The molecule has 1 saturated heterocycles. The molecule has 0 aliphatic carbocycles. The van der Waals surface area contributed by atoms with Crippen LogP contribution in [0, 0.1) is 0 Å². The lowest BCUT2D eigenvalue weighted by Gasteiger charge is -2.09. The Morgan fingerprint density at radius 3 is 3.21 bits per heavy atom. The summed E-state index contributed by atoms with van der Waals surface area (Å²) < 4.78 is 0. The Morgan fingerprint density at radius 1 is 1.64 bits per heavy atom. The number of nitrogens with zero attached hydrogens (tertiary/aromatic N) is 2. The molecule has 14 heavy (non-hydrogen) atoms. The zero-order valence-corrected chi connectivity index (χ0v) is 7.73. The van der Waals surface area contributed by atoms with Crippen molar-refractivity contribution in [1.82, 2.24) is 15.5 Å². The number of carbonyl (C=O) groups excluding carboxylic acids is 1. The Labute approximate surface area is 81.9 Å². The molecule has 0 unspecified atom stereocenters. The van der Waals surface area contributed by atoms with Gasteiger partial charge in [0, 0.05) is 6.20 Å². The number of anilines is 1. The summed E-state index contributed by atoms with van der Waals surface area (Å²) in [4.78, 5) is 11.6. The van der Waals surface area contributed by atoms with E-state index in [-0.39, 0.29) is 11.9 Å². The van der Waals surface area contributed by atoms with Gasteiger partial charge in [0.15, 0.2) is 5.82 Å². The van der Waals surface area contributed by atoms with Gasteiger partial charge in [-0.05, 0) is 31.5 Å². The third-order valence-electron chi connectivity index (χ3n) is 2.20. The molecule has 5 nitrogen and oxygen atoms in total. The van der Waals surface area contributed by atoms with Gasteiger partial charge in [0.2, 0.25) is 5.91 Å². The average molecular weight is 192 g/mol. The number of amides is 1. The second-order valence-corrected chi connectivity index (χ2v) is 3.25. The molecule has 2 N–H and O–H groups in total. The van der Waals surface area contributed by atoms with Gasteiger partial charge in [-0.2, -0.15) is 5.10 Å². The minimum absolute atomic E-state index is 0.0250. The first kappa shape index (κ1) is 9.08. The fourth-order valence-corrected chi connectivity index (χ4v) is 1.49. The van der Waals surface area contributed by atoms with Crippen LogP contribution in [-0.4, -0.2) is 28.7 Å². The summed E-state index contributed by atoms with van der Waals surface area (Å²) in [5.41, 5.74) is 0. The van der Waals surface area contributed by atoms with Crippen LogP contribution in [0.1, 0.15) is 12.8 Å². The minimum Gasteiger partial charge on any atom is -0.308 e. The van der Waals surface area contributed by atoms with Crippen LogP contribution in [-0.2, 0) is 4.79 Å². The smallest absolute Gasteiger partial charge is 0.242 e. The fourth-order valence-electron chi connectivity index (χ4n) is 1.49. The van der Waals surface area contributed by atoms with Crippen LogP contribution in [0.3, 0.4) is 0 Å². The highest BCUT2D eigenvalue weighted by atomic mass is 16.2. The maximum absolute atomic E-state index is 11.6. The molecule has 1 amide bonds. The van der Waals surface area contributed by atoms with E-state index in [2.05, 4.69) is 20.8 Å². The minimum atomic E-state index is -0.0722. The van der Waals surface area contributed by atoms with Gasteiger partial charge in [0.05, 0.1) is 6.04 Å². The highest BCUT2D eigenvalue weighted by Gasteiger charge is 2.21. The molecule has 2 heterocycles. The molecule has 2 rings (SSSR count). The summed E-state index contributed by atoms with van der Waals surface area (Å²) in [5.74, 6) is 0.481. The van der Waals surface area contributed by atoms with E-state index < -0.39 is 0 Å². The maximum atomic E-state index is 11.6. The van der Waals surface area contributed by atoms with Gasteiger partial charge in [-0.25, -0.2) is 0 Å². The fraction of sp³-hybridized carbons (Fsp3) is 0.444. The van der Waals surface area contributed by atoms with Crippen LogP contribution in [0.4, 0.5) is 5.82 Å². The third-order valence-corrected chi connectivity index (χ3v) is 2.20. The summed E-state index contributed by atoms with van der Waals surface area (Å²) in [7, 11) is 0. The molecule has 0 radical (unpaired) electrons. The van der Waals surface area contributed by atoms with Crippen LogP contribution in [0.2, 0.25) is 0 Å². The number of nitrogens with one attached hydrogen (secondary N) is 2. The van der Waals surface area contributed by atoms with Crippen LogP contribution in [0.5, 0.6) is 0 Å². The van der Waals surface area contributed by atoms with Gasteiger partial charge in [-0.1, -0.05) is 0 Å². The molecule has 1 aliphatic heterocycles. The van der Waals surface area contributed by atoms with E-state index in [1.807, 2.05) is 0 Å². The zero-order valence-electron chi connectivity index (χ0n) is 7.73. The molecule has 1 aromatic rings. The SMILES string of the molecule is O=C(Nc1cccnn1)[C@@H]1CCCN1. The molecule has 74 valence electrons. The van der Waals surface area contributed by atoms with E-state index in [9.17, 15) is 4.79 Å². The highest BCUT2D eigenvalue weighted by molar-refractivity contribution is 5.94. The van der Waals surface area contributed by atoms with Crippen molar-refractivity contribution in [3.8, 4) is 0 Å². The van der Waals surface area contributed by atoms with Gasteiger partial charge in [0.1, 0.15) is 0 Å². The topological polar surface area (TPSA) is 66.9 Å². The Morgan fingerprint density at radius 2 is 2.57 bits per heavy atom. The largest absolute Gasteiger partial charge is 0.308 e. The van der Waals surface area contributed by atoms with Crippen LogP contribution in [0.25, 0.3) is 0 Å². The monoisotopic (exact) mass is 192 g/mol. The van der Waals surface area contributed by atoms with Crippen molar-refractivity contribution in [1.29, 1.82) is 0 Å². The van der Waals surface area contributed by atoms with Gasteiger partial charge >= 0.3 is 0 Å². The average Bonchev–Trinajstić information content (AvgIpc) is 2.72. The van der Waals surface area contributed by atoms with E-state index in [1.54, 1.807) is 18.3 Å². The normalized spacial score (nSPS) is 20.7. The van der Waals surface area contributed by atoms with E-state index in [0.29, 0.717) is 5.82 Å². The summed E-state index contributed by atoms with van der Waals surface area (Å²) in [6.07, 6.45) is 3.52. The molecule has 1 fully saturated rings. The first-order chi connectivity index (χ1) is 6.86. The molecule has 1 aromatic heterocycles. The summed E-state index contributed by atoms with van der Waals surface area (Å²) in [6.45, 7) is 0.915. The first-order valence-corrected chi connectivity index (χ1v) is 4.68. The molecule has 1 aliphatic rings. The molecule has 0 aromatic carbocycles. The Bertz CT molecular complexity index is 308. The van der Waals surface area contributed by atoms with Crippen LogP contribution in [0.15, 0.2) is 18.3 Å². The number of carbonyl (C=O) groups is 1. The van der Waals surface area contributed by atoms with Gasteiger partial charge in [-0.3, -0.25) is 4.79 Å².